The van der Waals surface area contributed by atoms with Gasteiger partial charge in [-0.1, -0.05) is 18.2 Å². The monoisotopic (exact) mass is 364 g/mol. The van der Waals surface area contributed by atoms with Crippen molar-refractivity contribution in [2.24, 2.45) is 0 Å². The first-order chi connectivity index (χ1) is 11.7. The fourth-order valence-corrected chi connectivity index (χ4v) is 5.24. The maximum Gasteiger partial charge on any atom is 0.166 e. The minimum Gasteiger partial charge on any atom is -0.349 e. The summed E-state index contributed by atoms with van der Waals surface area (Å²) in [7, 11) is 0. The van der Waals surface area contributed by atoms with E-state index in [1.165, 1.54) is 0 Å². The minimum atomic E-state index is -0.787. The number of ether oxygens (including phenoxy) is 4. The molecule has 2 heterocycles. The highest BCUT2D eigenvalue weighted by Crippen LogP contribution is 2.52. The molecule has 6 heteroatoms. The van der Waals surface area contributed by atoms with Crippen molar-refractivity contribution in [1.82, 2.24) is 0 Å². The summed E-state index contributed by atoms with van der Waals surface area (Å²) in [5, 5.41) is 0. The molecule has 25 heavy (non-hydrogen) atoms. The quantitative estimate of drug-likeness (QED) is 0.803. The second-order valence-electron chi connectivity index (χ2n) is 7.87. The molecule has 1 aromatic rings. The van der Waals surface area contributed by atoms with Crippen LogP contribution in [-0.4, -0.2) is 47.0 Å². The summed E-state index contributed by atoms with van der Waals surface area (Å²) in [5.41, 5.74) is 0. The molecule has 1 aliphatic carbocycles. The summed E-state index contributed by atoms with van der Waals surface area (Å²) in [6.45, 7) is 7.92. The van der Waals surface area contributed by atoms with E-state index >= 15 is 0 Å². The zero-order chi connectivity index (χ0) is 17.9. The number of hydrogen-bond acceptors (Lipinski definition) is 6. The second kappa shape index (κ2) is 5.79. The molecule has 2 saturated heterocycles. The van der Waals surface area contributed by atoms with Gasteiger partial charge >= 0.3 is 0 Å². The predicted molar refractivity (Wildman–Crippen MR) is 93.4 cm³/mol. The van der Waals surface area contributed by atoms with Gasteiger partial charge in [-0.2, -0.15) is 0 Å². The number of rotatable bonds is 2. The SMILES string of the molecule is CC1(C)OC[C@]2(Sc3ccccc3)CC(=O)[C@@H]3OC(C)(C)O[C@@H]3[C@H]2O1. The number of fused-ring (bicyclic) bond motifs is 3. The van der Waals surface area contributed by atoms with Crippen LogP contribution in [0.1, 0.15) is 34.1 Å². The van der Waals surface area contributed by atoms with E-state index in [2.05, 4.69) is 0 Å². The first-order valence-corrected chi connectivity index (χ1v) is 9.46. The molecule has 4 atom stereocenters. The number of thioether (sulfide) groups is 1. The standard InChI is InChI=1S/C19H24O5S/c1-17(2)21-11-19(25-12-8-6-5-7-9-12)10-13(20)14-15(16(19)24-17)23-18(3,4)22-14/h5-9,14-16H,10-11H2,1-4H3/t14-,15-,16+,19+/m0/s1. The van der Waals surface area contributed by atoms with Crippen LogP contribution in [0.5, 0.6) is 0 Å². The Morgan fingerprint density at radius 3 is 2.44 bits per heavy atom. The smallest absolute Gasteiger partial charge is 0.166 e. The van der Waals surface area contributed by atoms with E-state index in [-0.39, 0.29) is 11.9 Å². The molecule has 4 rings (SSSR count). The Bertz CT molecular complexity index is 674. The molecule has 0 radical (unpaired) electrons. The van der Waals surface area contributed by atoms with Crippen LogP contribution in [0.25, 0.3) is 0 Å². The van der Waals surface area contributed by atoms with E-state index in [4.69, 9.17) is 18.9 Å². The zero-order valence-corrected chi connectivity index (χ0v) is 15.8. The molecule has 1 saturated carbocycles. The summed E-state index contributed by atoms with van der Waals surface area (Å²) in [4.78, 5) is 13.9. The predicted octanol–water partition coefficient (Wildman–Crippen LogP) is 3.16. The first-order valence-electron chi connectivity index (χ1n) is 8.64. The highest BCUT2D eigenvalue weighted by atomic mass is 32.2. The molecule has 0 N–H and O–H groups in total. The molecule has 0 unspecified atom stereocenters. The van der Waals surface area contributed by atoms with Gasteiger partial charge in [0, 0.05) is 11.3 Å². The van der Waals surface area contributed by atoms with Gasteiger partial charge in [0.15, 0.2) is 17.4 Å². The lowest BCUT2D eigenvalue weighted by molar-refractivity contribution is -0.307. The van der Waals surface area contributed by atoms with Crippen LogP contribution < -0.4 is 0 Å². The second-order valence-corrected chi connectivity index (χ2v) is 9.36. The van der Waals surface area contributed by atoms with Crippen LogP contribution in [0, 0.1) is 0 Å². The molecule has 0 bridgehead atoms. The highest BCUT2D eigenvalue weighted by Gasteiger charge is 2.63. The van der Waals surface area contributed by atoms with Crippen molar-refractivity contribution in [3.8, 4) is 0 Å². The molecular formula is C19H24O5S. The number of benzene rings is 1. The third-order valence-electron chi connectivity index (χ3n) is 4.88. The van der Waals surface area contributed by atoms with Gasteiger partial charge in [-0.3, -0.25) is 4.79 Å². The molecule has 0 spiro atoms. The number of carbonyl (C=O) groups excluding carboxylic acids is 1. The number of Topliss-reactive ketones (excluding diaryl/α,β-unsaturated/α-hetero) is 1. The lowest BCUT2D eigenvalue weighted by atomic mass is 9.80. The topological polar surface area (TPSA) is 54.0 Å². The van der Waals surface area contributed by atoms with Crippen LogP contribution in [0.2, 0.25) is 0 Å². The van der Waals surface area contributed by atoms with Gasteiger partial charge < -0.3 is 18.9 Å². The van der Waals surface area contributed by atoms with Crippen molar-refractivity contribution >= 4 is 17.5 Å². The Labute approximate surface area is 152 Å². The van der Waals surface area contributed by atoms with Crippen LogP contribution in [0.15, 0.2) is 35.2 Å². The Kier molecular flexibility index (Phi) is 4.05. The third-order valence-corrected chi connectivity index (χ3v) is 6.28. The number of ketones is 1. The van der Waals surface area contributed by atoms with Crippen molar-refractivity contribution in [3.05, 3.63) is 30.3 Å². The van der Waals surface area contributed by atoms with E-state index in [9.17, 15) is 4.79 Å². The van der Waals surface area contributed by atoms with Crippen molar-refractivity contribution in [1.29, 1.82) is 0 Å². The molecular weight excluding hydrogens is 340 g/mol. The summed E-state index contributed by atoms with van der Waals surface area (Å²) in [6, 6.07) is 10.1. The molecule has 2 aliphatic heterocycles. The summed E-state index contributed by atoms with van der Waals surface area (Å²) in [6.07, 6.45) is -0.937. The van der Waals surface area contributed by atoms with Gasteiger partial charge in [-0.05, 0) is 39.8 Å². The molecule has 3 aliphatic rings. The molecule has 0 aromatic heterocycles. The Hall–Kier alpha value is -0.920. The largest absolute Gasteiger partial charge is 0.349 e. The molecule has 0 amide bonds. The van der Waals surface area contributed by atoms with Crippen molar-refractivity contribution in [2.45, 2.75) is 73.6 Å². The van der Waals surface area contributed by atoms with E-state index in [0.717, 1.165) is 4.90 Å². The van der Waals surface area contributed by atoms with Gasteiger partial charge in [-0.25, -0.2) is 0 Å². The molecule has 1 aromatic carbocycles. The van der Waals surface area contributed by atoms with Crippen molar-refractivity contribution in [2.75, 3.05) is 6.61 Å². The lowest BCUT2D eigenvalue weighted by Gasteiger charge is -2.52. The Morgan fingerprint density at radius 1 is 1.00 bits per heavy atom. The average molecular weight is 364 g/mol. The lowest BCUT2D eigenvalue weighted by Crippen LogP contribution is -2.66. The van der Waals surface area contributed by atoms with Crippen LogP contribution in [0.4, 0.5) is 0 Å². The Morgan fingerprint density at radius 2 is 1.72 bits per heavy atom. The van der Waals surface area contributed by atoms with Crippen molar-refractivity contribution < 1.29 is 23.7 Å². The van der Waals surface area contributed by atoms with E-state index in [1.54, 1.807) is 11.8 Å². The third kappa shape index (κ3) is 3.15. The maximum absolute atomic E-state index is 12.8. The fraction of sp³-hybridized carbons (Fsp3) is 0.632. The average Bonchev–Trinajstić information content (AvgIpc) is 2.86. The number of carbonyl (C=O) groups is 1. The van der Waals surface area contributed by atoms with E-state index in [1.807, 2.05) is 58.0 Å². The number of hydrogen-bond donors (Lipinski definition) is 0. The first kappa shape index (κ1) is 17.5. The summed E-state index contributed by atoms with van der Waals surface area (Å²) in [5.74, 6) is -1.45. The van der Waals surface area contributed by atoms with E-state index in [0.29, 0.717) is 13.0 Å². The fourth-order valence-electron chi connectivity index (χ4n) is 3.85. The van der Waals surface area contributed by atoms with Crippen LogP contribution in [-0.2, 0) is 23.7 Å². The normalized spacial score (nSPS) is 38.9. The summed E-state index contributed by atoms with van der Waals surface area (Å²) >= 11 is 1.64. The van der Waals surface area contributed by atoms with Gasteiger partial charge in [0.1, 0.15) is 18.3 Å². The van der Waals surface area contributed by atoms with Gasteiger partial charge in [-0.15, -0.1) is 11.8 Å². The van der Waals surface area contributed by atoms with Gasteiger partial charge in [0.05, 0.1) is 11.4 Å². The zero-order valence-electron chi connectivity index (χ0n) is 15.0. The van der Waals surface area contributed by atoms with E-state index < -0.39 is 28.5 Å². The highest BCUT2D eigenvalue weighted by molar-refractivity contribution is 8.00. The van der Waals surface area contributed by atoms with Crippen LogP contribution in [0.3, 0.4) is 0 Å². The molecule has 5 nitrogen and oxygen atoms in total. The summed E-state index contributed by atoms with van der Waals surface area (Å²) < 4.78 is 23.7. The minimum absolute atomic E-state index is 0.0576. The van der Waals surface area contributed by atoms with Crippen LogP contribution >= 0.6 is 11.8 Å². The van der Waals surface area contributed by atoms with Gasteiger partial charge in [0.2, 0.25) is 0 Å². The van der Waals surface area contributed by atoms with Crippen molar-refractivity contribution in [3.63, 3.8) is 0 Å². The van der Waals surface area contributed by atoms with Gasteiger partial charge in [0.25, 0.3) is 0 Å². The molecule has 3 fully saturated rings. The maximum atomic E-state index is 12.8. The Balaban J connectivity index is 1.72. The molecule has 136 valence electrons.